The van der Waals surface area contributed by atoms with Crippen LogP contribution in [0.15, 0.2) is 16.8 Å². The van der Waals surface area contributed by atoms with Crippen molar-refractivity contribution in [3.05, 3.63) is 22.1 Å². The summed E-state index contributed by atoms with van der Waals surface area (Å²) < 4.78 is 0. The minimum atomic E-state index is -0.506. The van der Waals surface area contributed by atoms with E-state index in [9.17, 15) is 14.7 Å². The largest absolute Gasteiger partial charge is 0.393 e. The number of azide groups is 1. The van der Waals surface area contributed by atoms with Crippen molar-refractivity contribution >= 4 is 11.7 Å². The molecule has 7 heteroatoms. The topological polar surface area (TPSA) is 115 Å². The quantitative estimate of drug-likeness (QED) is 0.178. The van der Waals surface area contributed by atoms with Crippen LogP contribution in [-0.4, -0.2) is 36.0 Å². The third-order valence-electron chi connectivity index (χ3n) is 13.7. The summed E-state index contributed by atoms with van der Waals surface area (Å²) in [6.07, 6.45) is 10.3. The number of ketones is 1. The fourth-order valence-electron chi connectivity index (χ4n) is 10.9. The standard InChI is InChI=1S/C32H50N4O3/c1-27(2)23-8-11-32(7)25(30(23,5)10-9-24(27)38)22(37)18-20-21-19-29(4,26(39)34-16-17-35-36-33)13-12-28(21,3)14-15-31(20,32)6/h18,21,23-25,38H,8-17,19H2,1-7H3,(H,34,39)/t21-,23-,24-,25+,28+,29-,30-,31+,32+/m0/s1. The van der Waals surface area contributed by atoms with E-state index in [1.54, 1.807) is 0 Å². The minimum absolute atomic E-state index is 0.0346. The van der Waals surface area contributed by atoms with Gasteiger partial charge in [-0.1, -0.05) is 59.2 Å². The summed E-state index contributed by atoms with van der Waals surface area (Å²) in [7, 11) is 0. The van der Waals surface area contributed by atoms with Gasteiger partial charge in [0, 0.05) is 29.3 Å². The van der Waals surface area contributed by atoms with Gasteiger partial charge in [-0.05, 0) is 108 Å². The molecule has 4 saturated carbocycles. The second kappa shape index (κ2) is 9.08. The molecular formula is C32H50N4O3. The average Bonchev–Trinajstić information content (AvgIpc) is 2.86. The number of amides is 1. The molecule has 0 heterocycles. The van der Waals surface area contributed by atoms with Crippen LogP contribution in [0.2, 0.25) is 0 Å². The third kappa shape index (κ3) is 3.89. The number of aliphatic hydroxyl groups excluding tert-OH is 1. The van der Waals surface area contributed by atoms with E-state index < -0.39 is 5.41 Å². The molecule has 5 aliphatic rings. The molecule has 0 unspecified atom stereocenters. The second-order valence-corrected chi connectivity index (χ2v) is 15.8. The van der Waals surface area contributed by atoms with Crippen molar-refractivity contribution in [3.63, 3.8) is 0 Å². The maximum atomic E-state index is 14.4. The number of nitrogens with zero attached hydrogens (tertiary/aromatic N) is 3. The lowest BCUT2D eigenvalue weighted by molar-refractivity contribution is -0.202. The number of carbonyl (C=O) groups excluding carboxylic acids is 2. The zero-order valence-corrected chi connectivity index (χ0v) is 25.3. The average molecular weight is 539 g/mol. The Hall–Kier alpha value is -1.85. The van der Waals surface area contributed by atoms with Gasteiger partial charge in [-0.15, -0.1) is 0 Å². The molecule has 0 spiro atoms. The van der Waals surface area contributed by atoms with Crippen LogP contribution in [0.1, 0.15) is 106 Å². The van der Waals surface area contributed by atoms with E-state index in [0.717, 1.165) is 57.8 Å². The van der Waals surface area contributed by atoms with Crippen molar-refractivity contribution in [3.8, 4) is 0 Å². The fourth-order valence-corrected chi connectivity index (χ4v) is 10.9. The predicted molar refractivity (Wildman–Crippen MR) is 152 cm³/mol. The molecule has 216 valence electrons. The van der Waals surface area contributed by atoms with Crippen LogP contribution in [0.25, 0.3) is 10.4 Å². The zero-order chi connectivity index (χ0) is 28.6. The van der Waals surface area contributed by atoms with Crippen molar-refractivity contribution in [1.29, 1.82) is 0 Å². The first-order chi connectivity index (χ1) is 18.1. The molecule has 0 saturated heterocycles. The van der Waals surface area contributed by atoms with E-state index in [1.807, 2.05) is 0 Å². The molecule has 4 fully saturated rings. The van der Waals surface area contributed by atoms with Crippen LogP contribution in [0.4, 0.5) is 0 Å². The Morgan fingerprint density at radius 1 is 1.05 bits per heavy atom. The Labute approximate surface area is 234 Å². The lowest BCUT2D eigenvalue weighted by Gasteiger charge is -2.70. The number of hydrogen-bond donors (Lipinski definition) is 2. The molecule has 0 aliphatic heterocycles. The first-order valence-corrected chi connectivity index (χ1v) is 15.3. The van der Waals surface area contributed by atoms with E-state index >= 15 is 0 Å². The van der Waals surface area contributed by atoms with Crippen molar-refractivity contribution in [2.24, 2.45) is 55.4 Å². The summed E-state index contributed by atoms with van der Waals surface area (Å²) >= 11 is 0. The first kappa shape index (κ1) is 28.7. The Kier molecular flexibility index (Phi) is 6.67. The van der Waals surface area contributed by atoms with Gasteiger partial charge in [-0.25, -0.2) is 0 Å². The minimum Gasteiger partial charge on any atom is -0.393 e. The fraction of sp³-hybridized carbons (Fsp3) is 0.875. The van der Waals surface area contributed by atoms with Crippen molar-refractivity contribution < 1.29 is 14.7 Å². The van der Waals surface area contributed by atoms with Gasteiger partial charge >= 0.3 is 0 Å². The number of carbonyl (C=O) groups is 2. The van der Waals surface area contributed by atoms with Gasteiger partial charge in [0.25, 0.3) is 0 Å². The second-order valence-electron chi connectivity index (χ2n) is 15.8. The SMILES string of the molecule is CC1(C)[C@@H](O)CC[C@]2(C)[C@H]3C(=O)C=C4[C@@H]5C[C@@](C)(C(=O)NCCN=[N+]=[N-])CC[C@]5(C)CC[C@@]4(C)[C@]3(C)CC[C@@H]12. The Morgan fingerprint density at radius 2 is 1.74 bits per heavy atom. The summed E-state index contributed by atoms with van der Waals surface area (Å²) in [5.74, 6) is 0.824. The predicted octanol–water partition coefficient (Wildman–Crippen LogP) is 6.75. The highest BCUT2D eigenvalue weighted by Crippen LogP contribution is 2.75. The monoisotopic (exact) mass is 538 g/mol. The zero-order valence-electron chi connectivity index (χ0n) is 25.3. The number of hydrogen-bond acceptors (Lipinski definition) is 4. The van der Waals surface area contributed by atoms with E-state index in [2.05, 4.69) is 69.9 Å². The highest BCUT2D eigenvalue weighted by atomic mass is 16.3. The van der Waals surface area contributed by atoms with E-state index in [0.29, 0.717) is 18.2 Å². The lowest BCUT2D eigenvalue weighted by Crippen LogP contribution is -2.66. The van der Waals surface area contributed by atoms with Gasteiger partial charge in [-0.3, -0.25) is 9.59 Å². The highest BCUT2D eigenvalue weighted by molar-refractivity contribution is 5.95. The third-order valence-corrected chi connectivity index (χ3v) is 13.7. The van der Waals surface area contributed by atoms with Crippen LogP contribution >= 0.6 is 0 Å². The van der Waals surface area contributed by atoms with Gasteiger partial charge in [0.2, 0.25) is 5.91 Å². The summed E-state index contributed by atoms with van der Waals surface area (Å²) in [6.45, 7) is 16.7. The summed E-state index contributed by atoms with van der Waals surface area (Å²) in [5, 5.41) is 17.5. The Morgan fingerprint density at radius 3 is 2.44 bits per heavy atom. The number of nitrogens with one attached hydrogen (secondary N) is 1. The summed E-state index contributed by atoms with van der Waals surface area (Å²) in [4.78, 5) is 30.6. The lowest BCUT2D eigenvalue weighted by atomic mass is 9.33. The molecule has 39 heavy (non-hydrogen) atoms. The smallest absolute Gasteiger partial charge is 0.225 e. The van der Waals surface area contributed by atoms with Gasteiger partial charge in [0.05, 0.1) is 6.10 Å². The molecule has 0 aromatic heterocycles. The van der Waals surface area contributed by atoms with Crippen LogP contribution in [0.5, 0.6) is 0 Å². The first-order valence-electron chi connectivity index (χ1n) is 15.3. The molecule has 0 aromatic rings. The van der Waals surface area contributed by atoms with Crippen LogP contribution in [0, 0.1) is 50.2 Å². The molecule has 0 radical (unpaired) electrons. The van der Waals surface area contributed by atoms with E-state index in [-0.39, 0.29) is 57.5 Å². The van der Waals surface area contributed by atoms with Gasteiger partial charge in [0.15, 0.2) is 5.78 Å². The highest BCUT2D eigenvalue weighted by Gasteiger charge is 2.70. The van der Waals surface area contributed by atoms with Crippen LogP contribution < -0.4 is 5.32 Å². The van der Waals surface area contributed by atoms with Crippen molar-refractivity contribution in [2.45, 2.75) is 112 Å². The molecule has 1 amide bonds. The molecule has 7 nitrogen and oxygen atoms in total. The molecule has 9 atom stereocenters. The normalized spacial score (nSPS) is 48.3. The van der Waals surface area contributed by atoms with E-state index in [1.165, 1.54) is 5.57 Å². The maximum Gasteiger partial charge on any atom is 0.225 e. The molecule has 5 aliphatic carbocycles. The van der Waals surface area contributed by atoms with Crippen LogP contribution in [0.3, 0.4) is 0 Å². The summed E-state index contributed by atoms with van der Waals surface area (Å²) in [6, 6.07) is 0. The Bertz CT molecular complexity index is 1140. The number of fused-ring (bicyclic) bond motifs is 7. The maximum absolute atomic E-state index is 14.4. The van der Waals surface area contributed by atoms with E-state index in [4.69, 9.17) is 5.53 Å². The summed E-state index contributed by atoms with van der Waals surface area (Å²) in [5.41, 5.74) is 8.93. The molecule has 5 rings (SSSR count). The van der Waals surface area contributed by atoms with Gasteiger partial charge < -0.3 is 10.4 Å². The number of allylic oxidation sites excluding steroid dienone is 2. The van der Waals surface area contributed by atoms with Gasteiger partial charge in [-0.2, -0.15) is 0 Å². The van der Waals surface area contributed by atoms with Crippen molar-refractivity contribution in [1.82, 2.24) is 5.32 Å². The molecular weight excluding hydrogens is 488 g/mol. The Balaban J connectivity index is 1.51. The number of rotatable bonds is 4. The number of aliphatic hydroxyl groups is 1. The molecule has 0 bridgehead atoms. The van der Waals surface area contributed by atoms with Crippen LogP contribution in [-0.2, 0) is 9.59 Å². The van der Waals surface area contributed by atoms with Gasteiger partial charge in [0.1, 0.15) is 0 Å². The van der Waals surface area contributed by atoms with Crippen molar-refractivity contribution in [2.75, 3.05) is 13.1 Å². The molecule has 0 aromatic carbocycles. The molecule has 2 N–H and O–H groups in total.